The molecule has 0 aliphatic carbocycles. The summed E-state index contributed by atoms with van der Waals surface area (Å²) in [5.41, 5.74) is 1.49. The van der Waals surface area contributed by atoms with Crippen LogP contribution in [-0.2, 0) is 4.74 Å². The SMILES string of the molecule is COC(=O)c1cccc(NCCNC(C)C)c1. The van der Waals surface area contributed by atoms with Crippen LogP contribution in [0.3, 0.4) is 0 Å². The molecule has 0 fully saturated rings. The van der Waals surface area contributed by atoms with E-state index < -0.39 is 0 Å². The highest BCUT2D eigenvalue weighted by Crippen LogP contribution is 2.10. The smallest absolute Gasteiger partial charge is 0.337 e. The minimum absolute atomic E-state index is 0.311. The Morgan fingerprint density at radius 2 is 2.12 bits per heavy atom. The van der Waals surface area contributed by atoms with Crippen LogP contribution in [0, 0.1) is 0 Å². The van der Waals surface area contributed by atoms with Gasteiger partial charge in [0.05, 0.1) is 12.7 Å². The molecule has 2 N–H and O–H groups in total. The number of hydrogen-bond acceptors (Lipinski definition) is 4. The zero-order valence-electron chi connectivity index (χ0n) is 10.6. The Kier molecular flexibility index (Phi) is 5.49. The van der Waals surface area contributed by atoms with Gasteiger partial charge in [-0.05, 0) is 18.2 Å². The van der Waals surface area contributed by atoms with E-state index in [0.717, 1.165) is 18.8 Å². The van der Waals surface area contributed by atoms with Crippen molar-refractivity contribution in [2.24, 2.45) is 0 Å². The molecule has 1 aromatic rings. The first-order valence-corrected chi connectivity index (χ1v) is 5.79. The van der Waals surface area contributed by atoms with Gasteiger partial charge < -0.3 is 15.4 Å². The molecule has 0 unspecified atom stereocenters. The molecule has 0 bridgehead atoms. The van der Waals surface area contributed by atoms with Crippen LogP contribution in [0.25, 0.3) is 0 Å². The number of methoxy groups -OCH3 is 1. The molecule has 0 amide bonds. The van der Waals surface area contributed by atoms with Crippen LogP contribution in [0.2, 0.25) is 0 Å². The van der Waals surface area contributed by atoms with Crippen molar-refractivity contribution < 1.29 is 9.53 Å². The predicted octanol–water partition coefficient (Wildman–Crippen LogP) is 1.88. The molecular formula is C13H20N2O2. The third-order valence-corrected chi connectivity index (χ3v) is 2.29. The van der Waals surface area contributed by atoms with E-state index in [1.807, 2.05) is 12.1 Å². The lowest BCUT2D eigenvalue weighted by Gasteiger charge is -2.10. The van der Waals surface area contributed by atoms with Gasteiger partial charge in [0.1, 0.15) is 0 Å². The van der Waals surface area contributed by atoms with Crippen molar-refractivity contribution in [3.63, 3.8) is 0 Å². The topological polar surface area (TPSA) is 50.4 Å². The quantitative estimate of drug-likeness (QED) is 0.585. The molecule has 4 nitrogen and oxygen atoms in total. The number of benzene rings is 1. The molecule has 0 spiro atoms. The van der Waals surface area contributed by atoms with Gasteiger partial charge in [-0.25, -0.2) is 4.79 Å². The highest BCUT2D eigenvalue weighted by molar-refractivity contribution is 5.90. The summed E-state index contributed by atoms with van der Waals surface area (Å²) in [5, 5.41) is 6.56. The molecule has 1 aromatic carbocycles. The maximum atomic E-state index is 11.3. The summed E-state index contributed by atoms with van der Waals surface area (Å²) in [7, 11) is 1.38. The third-order valence-electron chi connectivity index (χ3n) is 2.29. The monoisotopic (exact) mass is 236 g/mol. The summed E-state index contributed by atoms with van der Waals surface area (Å²) in [6.07, 6.45) is 0. The first-order chi connectivity index (χ1) is 8.13. The van der Waals surface area contributed by atoms with Crippen molar-refractivity contribution in [2.45, 2.75) is 19.9 Å². The summed E-state index contributed by atoms with van der Waals surface area (Å²) >= 11 is 0. The fourth-order valence-corrected chi connectivity index (χ4v) is 1.44. The zero-order valence-corrected chi connectivity index (χ0v) is 10.6. The summed E-state index contributed by atoms with van der Waals surface area (Å²) in [6, 6.07) is 7.79. The number of hydrogen-bond donors (Lipinski definition) is 2. The van der Waals surface area contributed by atoms with Gasteiger partial charge in [-0.15, -0.1) is 0 Å². The lowest BCUT2D eigenvalue weighted by atomic mass is 10.2. The van der Waals surface area contributed by atoms with Crippen molar-refractivity contribution in [1.82, 2.24) is 5.32 Å². The standard InChI is InChI=1S/C13H20N2O2/c1-10(2)14-7-8-15-12-6-4-5-11(9-12)13(16)17-3/h4-6,9-10,14-15H,7-8H2,1-3H3. The maximum absolute atomic E-state index is 11.3. The van der Waals surface area contributed by atoms with Crippen molar-refractivity contribution in [2.75, 3.05) is 25.5 Å². The lowest BCUT2D eigenvalue weighted by Crippen LogP contribution is -2.28. The van der Waals surface area contributed by atoms with Gasteiger partial charge >= 0.3 is 5.97 Å². The molecule has 0 saturated heterocycles. The van der Waals surface area contributed by atoms with Crippen LogP contribution in [0.4, 0.5) is 5.69 Å². The summed E-state index contributed by atoms with van der Waals surface area (Å²) in [5.74, 6) is -0.311. The van der Waals surface area contributed by atoms with E-state index in [2.05, 4.69) is 29.2 Å². The number of carbonyl (C=O) groups is 1. The van der Waals surface area contributed by atoms with Crippen LogP contribution in [0.1, 0.15) is 24.2 Å². The number of anilines is 1. The van der Waals surface area contributed by atoms with E-state index in [0.29, 0.717) is 11.6 Å². The van der Waals surface area contributed by atoms with Crippen LogP contribution < -0.4 is 10.6 Å². The summed E-state index contributed by atoms with van der Waals surface area (Å²) in [6.45, 7) is 5.93. The average Bonchev–Trinajstić information content (AvgIpc) is 2.34. The lowest BCUT2D eigenvalue weighted by molar-refractivity contribution is 0.0601. The molecule has 0 aliphatic heterocycles. The fraction of sp³-hybridized carbons (Fsp3) is 0.462. The Balaban J connectivity index is 2.46. The van der Waals surface area contributed by atoms with E-state index in [-0.39, 0.29) is 5.97 Å². The number of rotatable bonds is 6. The first kappa shape index (κ1) is 13.5. The van der Waals surface area contributed by atoms with Gasteiger partial charge in [0.2, 0.25) is 0 Å². The Hall–Kier alpha value is -1.55. The maximum Gasteiger partial charge on any atom is 0.337 e. The summed E-state index contributed by atoms with van der Waals surface area (Å²) in [4.78, 5) is 11.3. The Morgan fingerprint density at radius 1 is 1.35 bits per heavy atom. The highest BCUT2D eigenvalue weighted by atomic mass is 16.5. The minimum atomic E-state index is -0.311. The number of nitrogens with one attached hydrogen (secondary N) is 2. The van der Waals surface area contributed by atoms with Crippen LogP contribution in [0.5, 0.6) is 0 Å². The molecule has 17 heavy (non-hydrogen) atoms. The largest absolute Gasteiger partial charge is 0.465 e. The van der Waals surface area contributed by atoms with Gasteiger partial charge in [0.15, 0.2) is 0 Å². The number of esters is 1. The molecule has 0 aromatic heterocycles. The van der Waals surface area contributed by atoms with Crippen LogP contribution >= 0.6 is 0 Å². The second-order valence-electron chi connectivity index (χ2n) is 4.11. The van der Waals surface area contributed by atoms with Crippen molar-refractivity contribution in [3.8, 4) is 0 Å². The molecule has 0 atom stereocenters. The van der Waals surface area contributed by atoms with Crippen molar-refractivity contribution in [1.29, 1.82) is 0 Å². The van der Waals surface area contributed by atoms with Crippen LogP contribution in [-0.4, -0.2) is 32.2 Å². The third kappa shape index (κ3) is 4.87. The Bertz CT molecular complexity index is 364. The second kappa shape index (κ2) is 6.91. The van der Waals surface area contributed by atoms with Gasteiger partial charge in [0.25, 0.3) is 0 Å². The van der Waals surface area contributed by atoms with Gasteiger partial charge in [-0.1, -0.05) is 19.9 Å². The molecule has 0 heterocycles. The Morgan fingerprint density at radius 3 is 2.76 bits per heavy atom. The van der Waals surface area contributed by atoms with Gasteiger partial charge in [0, 0.05) is 24.8 Å². The number of carbonyl (C=O) groups excluding carboxylic acids is 1. The zero-order chi connectivity index (χ0) is 12.7. The molecule has 0 saturated carbocycles. The molecule has 0 aliphatic rings. The first-order valence-electron chi connectivity index (χ1n) is 5.79. The predicted molar refractivity (Wildman–Crippen MR) is 69.4 cm³/mol. The minimum Gasteiger partial charge on any atom is -0.465 e. The molecule has 94 valence electrons. The number of ether oxygens (including phenoxy) is 1. The summed E-state index contributed by atoms with van der Waals surface area (Å²) < 4.78 is 4.67. The van der Waals surface area contributed by atoms with E-state index in [9.17, 15) is 4.79 Å². The highest BCUT2D eigenvalue weighted by Gasteiger charge is 2.04. The molecule has 1 rings (SSSR count). The second-order valence-corrected chi connectivity index (χ2v) is 4.11. The normalized spacial score (nSPS) is 10.4. The Labute approximate surface area is 102 Å². The van der Waals surface area contributed by atoms with Crippen molar-refractivity contribution >= 4 is 11.7 Å². The van der Waals surface area contributed by atoms with Crippen LogP contribution in [0.15, 0.2) is 24.3 Å². The van der Waals surface area contributed by atoms with E-state index >= 15 is 0 Å². The molecule has 0 radical (unpaired) electrons. The van der Waals surface area contributed by atoms with E-state index in [4.69, 9.17) is 0 Å². The molecular weight excluding hydrogens is 216 g/mol. The average molecular weight is 236 g/mol. The molecule has 4 heteroatoms. The fourth-order valence-electron chi connectivity index (χ4n) is 1.44. The van der Waals surface area contributed by atoms with Gasteiger partial charge in [-0.3, -0.25) is 0 Å². The van der Waals surface area contributed by atoms with Crippen molar-refractivity contribution in [3.05, 3.63) is 29.8 Å². The van der Waals surface area contributed by atoms with E-state index in [1.54, 1.807) is 12.1 Å². The van der Waals surface area contributed by atoms with Gasteiger partial charge in [-0.2, -0.15) is 0 Å². The van der Waals surface area contributed by atoms with E-state index in [1.165, 1.54) is 7.11 Å².